The van der Waals surface area contributed by atoms with Crippen molar-refractivity contribution in [1.82, 2.24) is 4.90 Å². The van der Waals surface area contributed by atoms with Crippen molar-refractivity contribution in [3.63, 3.8) is 0 Å². The molecule has 8 heteroatoms. The zero-order chi connectivity index (χ0) is 16.0. The van der Waals surface area contributed by atoms with Gasteiger partial charge < -0.3 is 16.0 Å². The Morgan fingerprint density at radius 1 is 1.33 bits per heavy atom. The van der Waals surface area contributed by atoms with E-state index in [1.54, 1.807) is 0 Å². The summed E-state index contributed by atoms with van der Waals surface area (Å²) in [6, 6.07) is 3.56. The van der Waals surface area contributed by atoms with Crippen LogP contribution in [-0.2, 0) is 4.79 Å². The first-order valence-corrected chi connectivity index (χ1v) is 6.27. The van der Waals surface area contributed by atoms with Crippen LogP contribution in [0.2, 0.25) is 0 Å². The van der Waals surface area contributed by atoms with Crippen LogP contribution in [0.15, 0.2) is 18.2 Å². The Bertz CT molecular complexity index is 491. The number of anilines is 2. The highest BCUT2D eigenvalue weighted by Gasteiger charge is 2.27. The molecule has 3 N–H and O–H groups in total. The molecule has 1 aromatic rings. The van der Waals surface area contributed by atoms with Crippen molar-refractivity contribution in [2.75, 3.05) is 31.2 Å². The number of hydrogen-bond donors (Lipinski definition) is 2. The van der Waals surface area contributed by atoms with E-state index in [2.05, 4.69) is 5.32 Å². The van der Waals surface area contributed by atoms with Crippen molar-refractivity contribution in [2.24, 2.45) is 0 Å². The molecular weight excluding hydrogens is 290 g/mol. The predicted octanol–water partition coefficient (Wildman–Crippen LogP) is 2.62. The minimum Gasteiger partial charge on any atom is -0.397 e. The molecule has 0 radical (unpaired) electrons. The van der Waals surface area contributed by atoms with Crippen molar-refractivity contribution < 1.29 is 22.4 Å². The molecule has 0 spiro atoms. The maximum Gasteiger partial charge on any atom is 0.390 e. The van der Waals surface area contributed by atoms with E-state index < -0.39 is 24.3 Å². The van der Waals surface area contributed by atoms with E-state index >= 15 is 0 Å². The number of carbonyl (C=O) groups is 1. The number of alkyl halides is 3. The van der Waals surface area contributed by atoms with Crippen LogP contribution in [0.5, 0.6) is 0 Å². The van der Waals surface area contributed by atoms with Gasteiger partial charge in [0, 0.05) is 19.5 Å². The number of nitrogen functional groups attached to an aromatic ring is 1. The number of amides is 1. The number of nitrogens with two attached hydrogens (primary N) is 1. The molecule has 1 aromatic carbocycles. The van der Waals surface area contributed by atoms with E-state index in [9.17, 15) is 22.4 Å². The van der Waals surface area contributed by atoms with E-state index in [-0.39, 0.29) is 30.9 Å². The van der Waals surface area contributed by atoms with Crippen molar-refractivity contribution in [2.45, 2.75) is 19.0 Å². The summed E-state index contributed by atoms with van der Waals surface area (Å²) in [7, 11) is 1.51. The van der Waals surface area contributed by atoms with Crippen LogP contribution in [0.1, 0.15) is 12.8 Å². The monoisotopic (exact) mass is 307 g/mol. The molecule has 0 aliphatic heterocycles. The van der Waals surface area contributed by atoms with Gasteiger partial charge in [-0.15, -0.1) is 0 Å². The van der Waals surface area contributed by atoms with Crippen LogP contribution < -0.4 is 11.1 Å². The van der Waals surface area contributed by atoms with E-state index in [1.165, 1.54) is 18.0 Å². The summed E-state index contributed by atoms with van der Waals surface area (Å²) in [4.78, 5) is 13.1. The summed E-state index contributed by atoms with van der Waals surface area (Å²) in [6.07, 6.45) is -5.11. The zero-order valence-electron chi connectivity index (χ0n) is 11.5. The van der Waals surface area contributed by atoms with Gasteiger partial charge in [-0.25, -0.2) is 4.39 Å². The molecule has 0 aliphatic carbocycles. The average Bonchev–Trinajstić information content (AvgIpc) is 2.36. The summed E-state index contributed by atoms with van der Waals surface area (Å²) < 4.78 is 48.9. The van der Waals surface area contributed by atoms with Crippen molar-refractivity contribution >= 4 is 17.3 Å². The van der Waals surface area contributed by atoms with Gasteiger partial charge in [0.1, 0.15) is 5.82 Å². The highest BCUT2D eigenvalue weighted by Crippen LogP contribution is 2.20. The lowest BCUT2D eigenvalue weighted by atomic mass is 10.2. The van der Waals surface area contributed by atoms with Gasteiger partial charge in [0.2, 0.25) is 5.91 Å². The number of benzene rings is 1. The maximum atomic E-state index is 12.8. The van der Waals surface area contributed by atoms with Crippen LogP contribution in [0.3, 0.4) is 0 Å². The molecule has 1 rings (SSSR count). The molecule has 0 saturated carbocycles. The van der Waals surface area contributed by atoms with Gasteiger partial charge >= 0.3 is 6.18 Å². The summed E-state index contributed by atoms with van der Waals surface area (Å²) in [5, 5.41) is 2.49. The SMILES string of the molecule is CN(CCC(=O)Nc1ccc(F)cc1N)CCC(F)(F)F. The number of rotatable bonds is 6. The number of nitrogens with one attached hydrogen (secondary N) is 1. The Morgan fingerprint density at radius 2 is 2.00 bits per heavy atom. The Kier molecular flexibility index (Phi) is 5.95. The number of halogens is 4. The maximum absolute atomic E-state index is 12.8. The van der Waals surface area contributed by atoms with Crippen molar-refractivity contribution in [3.8, 4) is 0 Å². The molecule has 0 fully saturated rings. The van der Waals surface area contributed by atoms with Gasteiger partial charge in [0.15, 0.2) is 0 Å². The first-order chi connectivity index (χ1) is 9.67. The molecule has 118 valence electrons. The predicted molar refractivity (Wildman–Crippen MR) is 72.2 cm³/mol. The fourth-order valence-electron chi connectivity index (χ4n) is 1.58. The van der Waals surface area contributed by atoms with Crippen LogP contribution in [0, 0.1) is 5.82 Å². The molecule has 21 heavy (non-hydrogen) atoms. The largest absolute Gasteiger partial charge is 0.397 e. The number of carbonyl (C=O) groups excluding carboxylic acids is 1. The van der Waals surface area contributed by atoms with E-state index in [4.69, 9.17) is 5.73 Å². The molecule has 1 amide bonds. The summed E-state index contributed by atoms with van der Waals surface area (Å²) in [5.41, 5.74) is 5.90. The Morgan fingerprint density at radius 3 is 2.57 bits per heavy atom. The first-order valence-electron chi connectivity index (χ1n) is 6.27. The molecular formula is C13H17F4N3O. The van der Waals surface area contributed by atoms with Crippen LogP contribution in [-0.4, -0.2) is 37.1 Å². The molecule has 0 atom stereocenters. The second kappa shape index (κ2) is 7.26. The molecule has 0 aromatic heterocycles. The van der Waals surface area contributed by atoms with Crippen LogP contribution >= 0.6 is 0 Å². The standard InChI is InChI=1S/C13H17F4N3O/c1-20(7-5-13(15,16)17)6-4-12(21)19-11-3-2-9(14)8-10(11)18/h2-3,8H,4-7,18H2,1H3,(H,19,21). The zero-order valence-corrected chi connectivity index (χ0v) is 11.5. The van der Waals surface area contributed by atoms with E-state index in [1.807, 2.05) is 0 Å². The summed E-state index contributed by atoms with van der Waals surface area (Å²) >= 11 is 0. The van der Waals surface area contributed by atoms with Gasteiger partial charge in [-0.3, -0.25) is 4.79 Å². The van der Waals surface area contributed by atoms with Crippen LogP contribution in [0.4, 0.5) is 28.9 Å². The normalized spacial score (nSPS) is 11.7. The Balaban J connectivity index is 2.37. The highest BCUT2D eigenvalue weighted by molar-refractivity contribution is 5.93. The number of hydrogen-bond acceptors (Lipinski definition) is 3. The average molecular weight is 307 g/mol. The fraction of sp³-hybridized carbons (Fsp3) is 0.462. The van der Waals surface area contributed by atoms with Crippen LogP contribution in [0.25, 0.3) is 0 Å². The third-order valence-corrected chi connectivity index (χ3v) is 2.79. The number of nitrogens with zero attached hydrogens (tertiary/aromatic N) is 1. The third-order valence-electron chi connectivity index (χ3n) is 2.79. The quantitative estimate of drug-likeness (QED) is 0.627. The highest BCUT2D eigenvalue weighted by atomic mass is 19.4. The lowest BCUT2D eigenvalue weighted by Crippen LogP contribution is -2.28. The van der Waals surface area contributed by atoms with Gasteiger partial charge in [0.25, 0.3) is 0 Å². The van der Waals surface area contributed by atoms with E-state index in [0.717, 1.165) is 12.1 Å². The molecule has 0 aliphatic rings. The smallest absolute Gasteiger partial charge is 0.390 e. The topological polar surface area (TPSA) is 58.4 Å². The lowest BCUT2D eigenvalue weighted by molar-refractivity contribution is -0.137. The molecule has 0 bridgehead atoms. The van der Waals surface area contributed by atoms with Gasteiger partial charge in [0.05, 0.1) is 17.8 Å². The second-order valence-electron chi connectivity index (χ2n) is 4.70. The molecule has 0 heterocycles. The summed E-state index contributed by atoms with van der Waals surface area (Å²) in [6.45, 7) is 0.0124. The van der Waals surface area contributed by atoms with Gasteiger partial charge in [-0.2, -0.15) is 13.2 Å². The third kappa shape index (κ3) is 6.94. The molecule has 0 unspecified atom stereocenters. The molecule has 0 saturated heterocycles. The van der Waals surface area contributed by atoms with E-state index in [0.29, 0.717) is 0 Å². The lowest BCUT2D eigenvalue weighted by Gasteiger charge is -2.17. The molecule has 4 nitrogen and oxygen atoms in total. The Labute approximate surface area is 119 Å². The Hall–Kier alpha value is -1.83. The van der Waals surface area contributed by atoms with Gasteiger partial charge in [-0.05, 0) is 25.2 Å². The first kappa shape index (κ1) is 17.2. The minimum absolute atomic E-state index is 0.0190. The fourth-order valence-corrected chi connectivity index (χ4v) is 1.58. The van der Waals surface area contributed by atoms with Crippen molar-refractivity contribution in [1.29, 1.82) is 0 Å². The van der Waals surface area contributed by atoms with Crippen molar-refractivity contribution in [3.05, 3.63) is 24.0 Å². The summed E-state index contributed by atoms with van der Waals surface area (Å²) in [5.74, 6) is -0.912. The van der Waals surface area contributed by atoms with Gasteiger partial charge in [-0.1, -0.05) is 0 Å². The minimum atomic E-state index is -4.21. The second-order valence-corrected chi connectivity index (χ2v) is 4.70.